The molecule has 3 rings (SSSR count). The minimum atomic E-state index is -0.990. The molecule has 0 saturated carbocycles. The van der Waals surface area contributed by atoms with Gasteiger partial charge in [-0.2, -0.15) is 0 Å². The van der Waals surface area contributed by atoms with Crippen molar-refractivity contribution < 1.29 is 14.3 Å². The van der Waals surface area contributed by atoms with Crippen LogP contribution in [0.25, 0.3) is 0 Å². The van der Waals surface area contributed by atoms with E-state index < -0.39 is 12.1 Å². The van der Waals surface area contributed by atoms with E-state index in [1.807, 2.05) is 49.4 Å². The molecule has 3 aromatic rings. The van der Waals surface area contributed by atoms with Crippen molar-refractivity contribution in [3.63, 3.8) is 0 Å². The predicted molar refractivity (Wildman–Crippen MR) is 102 cm³/mol. The molecule has 4 nitrogen and oxygen atoms in total. The van der Waals surface area contributed by atoms with Crippen LogP contribution >= 0.6 is 11.3 Å². The first-order valence-corrected chi connectivity index (χ1v) is 9.14. The van der Waals surface area contributed by atoms with Gasteiger partial charge in [-0.3, -0.25) is 4.79 Å². The third kappa shape index (κ3) is 4.58. The molecule has 0 fully saturated rings. The van der Waals surface area contributed by atoms with Gasteiger partial charge in [-0.1, -0.05) is 66.2 Å². The van der Waals surface area contributed by atoms with E-state index in [-0.39, 0.29) is 5.91 Å². The molecule has 0 aliphatic heterocycles. The maximum absolute atomic E-state index is 12.7. The molecule has 1 atom stereocenters. The van der Waals surface area contributed by atoms with Crippen molar-refractivity contribution in [1.82, 2.24) is 5.32 Å². The maximum atomic E-state index is 12.7. The molecule has 1 N–H and O–H groups in total. The van der Waals surface area contributed by atoms with Gasteiger partial charge in [-0.25, -0.2) is 4.79 Å². The van der Waals surface area contributed by atoms with Crippen LogP contribution < -0.4 is 5.32 Å². The van der Waals surface area contributed by atoms with Crippen LogP contribution in [0.4, 0.5) is 0 Å². The summed E-state index contributed by atoms with van der Waals surface area (Å²) in [5, 5.41) is 4.65. The van der Waals surface area contributed by atoms with Crippen LogP contribution in [0.5, 0.6) is 0 Å². The Hall–Kier alpha value is -2.92. The first kappa shape index (κ1) is 17.9. The number of carbonyl (C=O) groups excluding carboxylic acids is 2. The number of hydrogen-bond donors (Lipinski definition) is 1. The normalized spacial score (nSPS) is 11.6. The van der Waals surface area contributed by atoms with E-state index in [1.165, 1.54) is 11.3 Å². The van der Waals surface area contributed by atoms with E-state index in [4.69, 9.17) is 4.74 Å². The summed E-state index contributed by atoms with van der Waals surface area (Å²) in [5.41, 5.74) is 2.78. The maximum Gasteiger partial charge on any atom is 0.349 e. The molecule has 0 unspecified atom stereocenters. The SMILES string of the molecule is Cc1ccc(CNC(=O)[C@H](OC(=O)c2cccs2)c2ccccc2)cc1. The fourth-order valence-corrected chi connectivity index (χ4v) is 3.05. The number of ether oxygens (including phenoxy) is 1. The van der Waals surface area contributed by atoms with Gasteiger partial charge in [0.1, 0.15) is 4.88 Å². The number of aryl methyl sites for hydroxylation is 1. The lowest BCUT2D eigenvalue weighted by molar-refractivity contribution is -0.130. The molecule has 0 saturated heterocycles. The summed E-state index contributed by atoms with van der Waals surface area (Å²) in [6, 6.07) is 20.4. The van der Waals surface area contributed by atoms with Gasteiger partial charge in [0.05, 0.1) is 0 Å². The van der Waals surface area contributed by atoms with Gasteiger partial charge in [-0.15, -0.1) is 11.3 Å². The Balaban J connectivity index is 1.73. The van der Waals surface area contributed by atoms with E-state index >= 15 is 0 Å². The lowest BCUT2D eigenvalue weighted by atomic mass is 10.1. The molecule has 1 heterocycles. The Labute approximate surface area is 156 Å². The van der Waals surface area contributed by atoms with Gasteiger partial charge < -0.3 is 10.1 Å². The molecule has 1 amide bonds. The topological polar surface area (TPSA) is 55.4 Å². The highest BCUT2D eigenvalue weighted by Crippen LogP contribution is 2.21. The highest BCUT2D eigenvalue weighted by Gasteiger charge is 2.25. The largest absolute Gasteiger partial charge is 0.443 e. The minimum absolute atomic E-state index is 0.346. The number of amides is 1. The third-order valence-electron chi connectivity index (χ3n) is 3.88. The summed E-state index contributed by atoms with van der Waals surface area (Å²) in [6.45, 7) is 2.39. The summed E-state index contributed by atoms with van der Waals surface area (Å²) >= 11 is 1.29. The van der Waals surface area contributed by atoms with Crippen LogP contribution in [0.3, 0.4) is 0 Å². The van der Waals surface area contributed by atoms with Crippen molar-refractivity contribution in [2.24, 2.45) is 0 Å². The lowest BCUT2D eigenvalue weighted by Crippen LogP contribution is -2.31. The van der Waals surface area contributed by atoms with Crippen molar-refractivity contribution >= 4 is 23.2 Å². The second-order valence-electron chi connectivity index (χ2n) is 5.88. The zero-order valence-corrected chi connectivity index (χ0v) is 15.2. The van der Waals surface area contributed by atoms with Gasteiger partial charge >= 0.3 is 5.97 Å². The van der Waals surface area contributed by atoms with Crippen LogP contribution in [0.15, 0.2) is 72.1 Å². The van der Waals surface area contributed by atoms with Crippen LogP contribution in [-0.2, 0) is 16.1 Å². The predicted octanol–water partition coefficient (Wildman–Crippen LogP) is 4.27. The summed E-state index contributed by atoms with van der Waals surface area (Å²) in [5.74, 6) is -0.846. The quantitative estimate of drug-likeness (QED) is 0.664. The Morgan fingerprint density at radius 1 is 1.00 bits per heavy atom. The molecule has 5 heteroatoms. The molecule has 2 aromatic carbocycles. The number of nitrogens with one attached hydrogen (secondary N) is 1. The first-order valence-electron chi connectivity index (χ1n) is 8.26. The van der Waals surface area contributed by atoms with E-state index in [1.54, 1.807) is 29.6 Å². The molecule has 1 aromatic heterocycles. The molecule has 0 aliphatic carbocycles. The molecule has 0 aliphatic rings. The summed E-state index contributed by atoms with van der Waals surface area (Å²) < 4.78 is 5.51. The Morgan fingerprint density at radius 3 is 2.38 bits per heavy atom. The second kappa shape index (κ2) is 8.45. The Bertz CT molecular complexity index is 858. The highest BCUT2D eigenvalue weighted by atomic mass is 32.1. The van der Waals surface area contributed by atoms with E-state index in [9.17, 15) is 9.59 Å². The van der Waals surface area contributed by atoms with Gasteiger partial charge in [0.2, 0.25) is 6.10 Å². The minimum Gasteiger partial charge on any atom is -0.443 e. The Kier molecular flexibility index (Phi) is 5.81. The van der Waals surface area contributed by atoms with Gasteiger partial charge in [-0.05, 0) is 23.9 Å². The average molecular weight is 365 g/mol. The zero-order valence-electron chi connectivity index (χ0n) is 14.3. The molecule has 0 spiro atoms. The van der Waals surface area contributed by atoms with E-state index in [2.05, 4.69) is 5.32 Å². The average Bonchev–Trinajstić information content (AvgIpc) is 3.21. The number of carbonyl (C=O) groups is 2. The van der Waals surface area contributed by atoms with Crippen molar-refractivity contribution in [3.05, 3.63) is 93.7 Å². The molecule has 0 radical (unpaired) electrons. The fourth-order valence-electron chi connectivity index (χ4n) is 2.45. The zero-order chi connectivity index (χ0) is 18.4. The Morgan fingerprint density at radius 2 is 1.73 bits per heavy atom. The number of hydrogen-bond acceptors (Lipinski definition) is 4. The second-order valence-corrected chi connectivity index (χ2v) is 6.82. The molecular formula is C21H19NO3S. The van der Waals surface area contributed by atoms with E-state index in [0.717, 1.165) is 11.1 Å². The van der Waals surface area contributed by atoms with Crippen LogP contribution in [0.1, 0.15) is 32.5 Å². The highest BCUT2D eigenvalue weighted by molar-refractivity contribution is 7.11. The fraction of sp³-hybridized carbons (Fsp3) is 0.143. The number of thiophene rings is 1. The van der Waals surface area contributed by atoms with Crippen LogP contribution in [0, 0.1) is 6.92 Å². The van der Waals surface area contributed by atoms with Crippen molar-refractivity contribution in [1.29, 1.82) is 0 Å². The standard InChI is InChI=1S/C21H19NO3S/c1-15-9-11-16(12-10-15)14-22-20(23)19(17-6-3-2-4-7-17)25-21(24)18-8-5-13-26-18/h2-13,19H,14H2,1H3,(H,22,23)/t19-/m1/s1. The molecule has 132 valence electrons. The van der Waals surface area contributed by atoms with Crippen molar-refractivity contribution in [2.45, 2.75) is 19.6 Å². The molecule has 0 bridgehead atoms. The smallest absolute Gasteiger partial charge is 0.349 e. The number of rotatable bonds is 6. The molecular weight excluding hydrogens is 346 g/mol. The monoisotopic (exact) mass is 365 g/mol. The lowest BCUT2D eigenvalue weighted by Gasteiger charge is -2.18. The van der Waals surface area contributed by atoms with Crippen molar-refractivity contribution in [3.8, 4) is 0 Å². The van der Waals surface area contributed by atoms with Gasteiger partial charge in [0.15, 0.2) is 0 Å². The molecule has 26 heavy (non-hydrogen) atoms. The van der Waals surface area contributed by atoms with Gasteiger partial charge in [0, 0.05) is 12.1 Å². The van der Waals surface area contributed by atoms with Crippen molar-refractivity contribution in [2.75, 3.05) is 0 Å². The summed E-state index contributed by atoms with van der Waals surface area (Å²) in [7, 11) is 0. The number of benzene rings is 2. The third-order valence-corrected chi connectivity index (χ3v) is 4.72. The van der Waals surface area contributed by atoms with E-state index in [0.29, 0.717) is 17.0 Å². The van der Waals surface area contributed by atoms with Crippen LogP contribution in [0.2, 0.25) is 0 Å². The first-order chi connectivity index (χ1) is 12.6. The number of esters is 1. The van der Waals surface area contributed by atoms with Gasteiger partial charge in [0.25, 0.3) is 5.91 Å². The summed E-state index contributed by atoms with van der Waals surface area (Å²) in [4.78, 5) is 25.5. The summed E-state index contributed by atoms with van der Waals surface area (Å²) in [6.07, 6.45) is -0.990. The van der Waals surface area contributed by atoms with Crippen LogP contribution in [-0.4, -0.2) is 11.9 Å².